The Morgan fingerprint density at radius 2 is 1.81 bits per heavy atom. The first-order valence-electron chi connectivity index (χ1n) is 11.0. The van der Waals surface area contributed by atoms with Gasteiger partial charge in [-0.05, 0) is 74.5 Å². The lowest BCUT2D eigenvalue weighted by atomic mass is 9.96. The van der Waals surface area contributed by atoms with Crippen molar-refractivity contribution in [2.45, 2.75) is 26.7 Å². The maximum atomic E-state index is 12.8. The van der Waals surface area contributed by atoms with Crippen LogP contribution in [0.1, 0.15) is 26.7 Å². The van der Waals surface area contributed by atoms with E-state index in [1.807, 2.05) is 35.7 Å². The number of hydrogen-bond donors (Lipinski definition) is 1. The summed E-state index contributed by atoms with van der Waals surface area (Å²) in [5, 5.41) is 13.9. The highest BCUT2D eigenvalue weighted by Crippen LogP contribution is 2.26. The minimum absolute atomic E-state index is 0.0251. The Balaban J connectivity index is 1.30. The predicted octanol–water partition coefficient (Wildman–Crippen LogP) is 4.91. The topological polar surface area (TPSA) is 61.4 Å². The molecule has 1 aliphatic rings. The highest BCUT2D eigenvalue weighted by Gasteiger charge is 2.26. The van der Waals surface area contributed by atoms with Gasteiger partial charge in [-0.25, -0.2) is 0 Å². The number of thiophene rings is 1. The fourth-order valence-corrected chi connectivity index (χ4v) is 4.70. The van der Waals surface area contributed by atoms with E-state index in [4.69, 9.17) is 0 Å². The average molecular weight is 436 g/mol. The number of amides is 1. The van der Waals surface area contributed by atoms with Gasteiger partial charge in [0.05, 0.1) is 4.88 Å². The molecule has 1 aliphatic heterocycles. The predicted molar refractivity (Wildman–Crippen MR) is 129 cm³/mol. The number of carbonyl (C=O) groups is 1. The van der Waals surface area contributed by atoms with Gasteiger partial charge in [0.2, 0.25) is 5.91 Å². The van der Waals surface area contributed by atoms with Crippen molar-refractivity contribution < 1.29 is 4.79 Å². The molecule has 1 fully saturated rings. The maximum Gasteiger partial charge on any atom is 0.227 e. The Morgan fingerprint density at radius 3 is 2.39 bits per heavy atom. The second-order valence-corrected chi connectivity index (χ2v) is 8.67. The van der Waals surface area contributed by atoms with Gasteiger partial charge in [-0.2, -0.15) is 0 Å². The molecule has 2 aromatic heterocycles. The zero-order valence-electron chi connectivity index (χ0n) is 18.1. The highest BCUT2D eigenvalue weighted by atomic mass is 32.1. The van der Waals surface area contributed by atoms with Gasteiger partial charge < -0.3 is 15.1 Å². The lowest BCUT2D eigenvalue weighted by Crippen LogP contribution is -2.38. The van der Waals surface area contributed by atoms with Crippen molar-refractivity contribution in [1.82, 2.24) is 10.2 Å². The van der Waals surface area contributed by atoms with E-state index in [0.717, 1.165) is 61.1 Å². The molecule has 7 heteroatoms. The summed E-state index contributed by atoms with van der Waals surface area (Å²) in [4.78, 5) is 18.4. The number of rotatable bonds is 7. The number of carbonyl (C=O) groups excluding carboxylic acids is 1. The summed E-state index contributed by atoms with van der Waals surface area (Å²) < 4.78 is 0. The van der Waals surface area contributed by atoms with Crippen LogP contribution in [0.25, 0.3) is 10.6 Å². The van der Waals surface area contributed by atoms with Crippen LogP contribution in [0.3, 0.4) is 0 Å². The van der Waals surface area contributed by atoms with E-state index in [9.17, 15) is 4.79 Å². The lowest BCUT2D eigenvalue weighted by molar-refractivity contribution is -0.120. The first-order valence-corrected chi connectivity index (χ1v) is 11.8. The molecule has 0 atom stereocenters. The number of nitrogens with zero attached hydrogens (tertiary/aromatic N) is 4. The molecule has 4 rings (SSSR count). The molecule has 0 aliphatic carbocycles. The van der Waals surface area contributed by atoms with Crippen LogP contribution >= 0.6 is 11.3 Å². The van der Waals surface area contributed by atoms with Crippen molar-refractivity contribution >= 4 is 34.4 Å². The number of hydrogen-bond acceptors (Lipinski definition) is 6. The second kappa shape index (κ2) is 9.92. The Kier molecular flexibility index (Phi) is 6.82. The third-order valence-corrected chi connectivity index (χ3v) is 6.77. The van der Waals surface area contributed by atoms with Crippen LogP contribution in [-0.4, -0.2) is 42.3 Å². The minimum atomic E-state index is 0.0251. The summed E-state index contributed by atoms with van der Waals surface area (Å²) in [5.41, 5.74) is 2.95. The van der Waals surface area contributed by atoms with E-state index < -0.39 is 0 Å². The Labute approximate surface area is 187 Å². The summed E-state index contributed by atoms with van der Waals surface area (Å²) in [6.07, 6.45) is 1.63. The molecule has 3 heterocycles. The number of anilines is 3. The molecular formula is C24H29N5OS. The quantitative estimate of drug-likeness (QED) is 0.572. The van der Waals surface area contributed by atoms with Gasteiger partial charge in [-0.1, -0.05) is 6.07 Å². The van der Waals surface area contributed by atoms with Gasteiger partial charge in [-0.15, -0.1) is 21.5 Å². The standard InChI is InChI=1S/C24H29N5OS/c1-3-28(4-2)20-9-7-19(8-10-20)25-24(30)18-13-15-29(16-14-18)23-12-11-21(26-27-23)22-6-5-17-31-22/h5-12,17-18H,3-4,13-16H2,1-2H3,(H,25,30). The molecule has 0 saturated carbocycles. The van der Waals surface area contributed by atoms with Crippen molar-refractivity contribution in [3.05, 3.63) is 53.9 Å². The number of aromatic nitrogens is 2. The Bertz CT molecular complexity index is 960. The van der Waals surface area contributed by atoms with Gasteiger partial charge in [0.15, 0.2) is 5.82 Å². The number of piperidine rings is 1. The monoisotopic (exact) mass is 435 g/mol. The normalized spacial score (nSPS) is 14.5. The van der Waals surface area contributed by atoms with E-state index >= 15 is 0 Å². The Morgan fingerprint density at radius 1 is 1.06 bits per heavy atom. The third kappa shape index (κ3) is 5.05. The fourth-order valence-electron chi connectivity index (χ4n) is 4.01. The fraction of sp³-hybridized carbons (Fsp3) is 0.375. The van der Waals surface area contributed by atoms with Crippen LogP contribution in [0.2, 0.25) is 0 Å². The van der Waals surface area contributed by atoms with Gasteiger partial charge >= 0.3 is 0 Å². The molecule has 6 nitrogen and oxygen atoms in total. The number of benzene rings is 1. The van der Waals surface area contributed by atoms with E-state index in [1.54, 1.807) is 11.3 Å². The molecule has 0 bridgehead atoms. The van der Waals surface area contributed by atoms with Gasteiger partial charge in [0.1, 0.15) is 5.69 Å². The molecule has 31 heavy (non-hydrogen) atoms. The smallest absolute Gasteiger partial charge is 0.227 e. The van der Waals surface area contributed by atoms with Crippen molar-refractivity contribution in [3.8, 4) is 10.6 Å². The maximum absolute atomic E-state index is 12.8. The zero-order chi connectivity index (χ0) is 21.6. The molecule has 1 saturated heterocycles. The van der Waals surface area contributed by atoms with E-state index in [2.05, 4.69) is 57.4 Å². The molecule has 1 aromatic carbocycles. The zero-order valence-corrected chi connectivity index (χ0v) is 18.9. The summed E-state index contributed by atoms with van der Waals surface area (Å²) in [7, 11) is 0. The van der Waals surface area contributed by atoms with E-state index in [0.29, 0.717) is 0 Å². The van der Waals surface area contributed by atoms with Crippen LogP contribution in [0.4, 0.5) is 17.2 Å². The first kappa shape index (κ1) is 21.3. The van der Waals surface area contributed by atoms with Crippen molar-refractivity contribution in [2.75, 3.05) is 41.3 Å². The highest BCUT2D eigenvalue weighted by molar-refractivity contribution is 7.13. The lowest BCUT2D eigenvalue weighted by Gasteiger charge is -2.31. The van der Waals surface area contributed by atoms with Crippen LogP contribution in [0.15, 0.2) is 53.9 Å². The van der Waals surface area contributed by atoms with Crippen molar-refractivity contribution in [1.29, 1.82) is 0 Å². The van der Waals surface area contributed by atoms with E-state index in [1.165, 1.54) is 5.69 Å². The molecule has 0 unspecified atom stereocenters. The largest absolute Gasteiger partial charge is 0.372 e. The van der Waals surface area contributed by atoms with Gasteiger partial charge in [0.25, 0.3) is 0 Å². The van der Waals surface area contributed by atoms with Gasteiger partial charge in [-0.3, -0.25) is 4.79 Å². The van der Waals surface area contributed by atoms with Crippen molar-refractivity contribution in [2.24, 2.45) is 5.92 Å². The molecule has 0 radical (unpaired) electrons. The van der Waals surface area contributed by atoms with Crippen LogP contribution < -0.4 is 15.1 Å². The summed E-state index contributed by atoms with van der Waals surface area (Å²) >= 11 is 1.66. The average Bonchev–Trinajstić information content (AvgIpc) is 3.36. The van der Waals surface area contributed by atoms with Crippen LogP contribution in [0.5, 0.6) is 0 Å². The van der Waals surface area contributed by atoms with Crippen LogP contribution in [0, 0.1) is 5.92 Å². The second-order valence-electron chi connectivity index (χ2n) is 7.72. The molecule has 1 amide bonds. The summed E-state index contributed by atoms with van der Waals surface area (Å²) in [6, 6.07) is 16.2. The van der Waals surface area contributed by atoms with Gasteiger partial charge in [0, 0.05) is 43.5 Å². The first-order chi connectivity index (χ1) is 15.2. The molecule has 3 aromatic rings. The molecule has 162 valence electrons. The molecule has 0 spiro atoms. The minimum Gasteiger partial charge on any atom is -0.372 e. The molecule has 1 N–H and O–H groups in total. The SMILES string of the molecule is CCN(CC)c1ccc(NC(=O)C2CCN(c3ccc(-c4cccs4)nn3)CC2)cc1. The van der Waals surface area contributed by atoms with Crippen LogP contribution in [-0.2, 0) is 4.79 Å². The third-order valence-electron chi connectivity index (χ3n) is 5.88. The Hall–Kier alpha value is -2.93. The summed E-state index contributed by atoms with van der Waals surface area (Å²) in [5.74, 6) is 1.01. The van der Waals surface area contributed by atoms with E-state index in [-0.39, 0.29) is 11.8 Å². The number of nitrogens with one attached hydrogen (secondary N) is 1. The summed E-state index contributed by atoms with van der Waals surface area (Å²) in [6.45, 7) is 7.87. The van der Waals surface area contributed by atoms with Crippen molar-refractivity contribution in [3.63, 3.8) is 0 Å². The molecular weight excluding hydrogens is 406 g/mol.